The standard InChI is InChI=1S/C5H14O2Si.C3H6O2/c1-5-8(4,6-2)7-3;4-1-3-2-5-3/h5H2,1-4H3;3-4H,1-2H2. The van der Waals surface area contributed by atoms with Gasteiger partial charge in [0.05, 0.1) is 13.2 Å². The molecule has 5 heteroatoms. The van der Waals surface area contributed by atoms with Crippen molar-refractivity contribution in [1.82, 2.24) is 0 Å². The Kier molecular flexibility index (Phi) is 6.53. The van der Waals surface area contributed by atoms with Gasteiger partial charge in [0.25, 0.3) is 0 Å². The average Bonchev–Trinajstić information content (AvgIpc) is 3.01. The van der Waals surface area contributed by atoms with E-state index in [4.69, 9.17) is 14.0 Å². The molecular weight excluding hydrogens is 188 g/mol. The molecule has 1 fully saturated rings. The van der Waals surface area contributed by atoms with Crippen molar-refractivity contribution in [1.29, 1.82) is 0 Å². The largest absolute Gasteiger partial charge is 0.398 e. The van der Waals surface area contributed by atoms with Crippen LogP contribution in [0.4, 0.5) is 0 Å². The van der Waals surface area contributed by atoms with Gasteiger partial charge in [-0.05, 0) is 12.6 Å². The minimum atomic E-state index is -1.67. The van der Waals surface area contributed by atoms with Gasteiger partial charge in [0, 0.05) is 14.2 Å². The lowest BCUT2D eigenvalue weighted by Crippen LogP contribution is -2.34. The molecule has 1 aliphatic heterocycles. The zero-order valence-corrected chi connectivity index (χ0v) is 9.87. The Morgan fingerprint density at radius 2 is 1.92 bits per heavy atom. The first-order valence-corrected chi connectivity index (χ1v) is 6.97. The van der Waals surface area contributed by atoms with Gasteiger partial charge in [-0.15, -0.1) is 0 Å². The molecule has 0 aromatic carbocycles. The monoisotopic (exact) mass is 208 g/mol. The smallest absolute Gasteiger partial charge is 0.334 e. The summed E-state index contributed by atoms with van der Waals surface area (Å²) in [5.41, 5.74) is 0. The fraction of sp³-hybridized carbons (Fsp3) is 1.00. The first kappa shape index (κ1) is 13.1. The lowest BCUT2D eigenvalue weighted by atomic mass is 10.5. The molecule has 1 unspecified atom stereocenters. The van der Waals surface area contributed by atoms with Gasteiger partial charge in [0.15, 0.2) is 0 Å². The van der Waals surface area contributed by atoms with Gasteiger partial charge in [-0.3, -0.25) is 0 Å². The average molecular weight is 208 g/mol. The van der Waals surface area contributed by atoms with Crippen molar-refractivity contribution in [2.24, 2.45) is 0 Å². The highest BCUT2D eigenvalue weighted by molar-refractivity contribution is 6.65. The quantitative estimate of drug-likeness (QED) is 0.547. The molecule has 0 aromatic heterocycles. The summed E-state index contributed by atoms with van der Waals surface area (Å²) < 4.78 is 14.9. The minimum absolute atomic E-state index is 0.190. The topological polar surface area (TPSA) is 51.2 Å². The molecule has 0 aromatic rings. The summed E-state index contributed by atoms with van der Waals surface area (Å²) in [7, 11) is 1.74. The number of rotatable bonds is 4. The van der Waals surface area contributed by atoms with Gasteiger partial charge >= 0.3 is 8.56 Å². The number of ether oxygens (including phenoxy) is 1. The van der Waals surface area contributed by atoms with Crippen molar-refractivity contribution < 1.29 is 18.7 Å². The molecule has 0 spiro atoms. The van der Waals surface area contributed by atoms with E-state index in [2.05, 4.69) is 11.7 Å². The lowest BCUT2D eigenvalue weighted by Gasteiger charge is -2.19. The molecule has 1 rings (SSSR count). The summed E-state index contributed by atoms with van der Waals surface area (Å²) in [6.45, 7) is 5.09. The van der Waals surface area contributed by atoms with E-state index in [-0.39, 0.29) is 12.7 Å². The number of epoxide rings is 1. The Morgan fingerprint density at radius 3 is 1.92 bits per heavy atom. The molecule has 0 radical (unpaired) electrons. The zero-order chi connectivity index (χ0) is 10.3. The maximum Gasteiger partial charge on any atom is 0.334 e. The summed E-state index contributed by atoms with van der Waals surface area (Å²) in [6.07, 6.45) is 0.190. The van der Waals surface area contributed by atoms with E-state index in [0.717, 1.165) is 12.7 Å². The first-order chi connectivity index (χ1) is 6.11. The molecule has 1 aliphatic rings. The highest BCUT2D eigenvalue weighted by atomic mass is 28.4. The molecule has 80 valence electrons. The third kappa shape index (κ3) is 6.17. The fourth-order valence-electron chi connectivity index (χ4n) is 0.545. The van der Waals surface area contributed by atoms with Crippen molar-refractivity contribution in [3.05, 3.63) is 0 Å². The minimum Gasteiger partial charge on any atom is -0.398 e. The molecule has 4 nitrogen and oxygen atoms in total. The van der Waals surface area contributed by atoms with E-state index in [1.165, 1.54) is 0 Å². The van der Waals surface area contributed by atoms with Crippen molar-refractivity contribution in [2.45, 2.75) is 25.6 Å². The van der Waals surface area contributed by atoms with Crippen LogP contribution in [0, 0.1) is 0 Å². The highest BCUT2D eigenvalue weighted by Crippen LogP contribution is 2.08. The Morgan fingerprint density at radius 1 is 1.46 bits per heavy atom. The Labute approximate surface area is 81.1 Å². The third-order valence-electron chi connectivity index (χ3n) is 2.11. The van der Waals surface area contributed by atoms with Crippen LogP contribution in [0.1, 0.15) is 6.92 Å². The second-order valence-electron chi connectivity index (χ2n) is 3.03. The van der Waals surface area contributed by atoms with Crippen LogP contribution in [-0.2, 0) is 13.6 Å². The zero-order valence-electron chi connectivity index (χ0n) is 8.87. The normalized spacial score (nSPS) is 20.5. The summed E-state index contributed by atoms with van der Waals surface area (Å²) in [5.74, 6) is 0. The summed E-state index contributed by atoms with van der Waals surface area (Å²) >= 11 is 0. The summed E-state index contributed by atoms with van der Waals surface area (Å²) in [6, 6.07) is 1.01. The Hall–Kier alpha value is 0.0569. The van der Waals surface area contributed by atoms with E-state index >= 15 is 0 Å². The molecule has 1 N–H and O–H groups in total. The van der Waals surface area contributed by atoms with E-state index < -0.39 is 8.56 Å². The van der Waals surface area contributed by atoms with Crippen LogP contribution in [0.5, 0.6) is 0 Å². The SMILES string of the molecule is CC[Si](C)(OC)OC.OCC1CO1. The number of aliphatic hydroxyl groups excluding tert-OH is 1. The number of aliphatic hydroxyl groups is 1. The molecule has 1 atom stereocenters. The van der Waals surface area contributed by atoms with Crippen LogP contribution < -0.4 is 0 Å². The van der Waals surface area contributed by atoms with Crippen LogP contribution >= 0.6 is 0 Å². The highest BCUT2D eigenvalue weighted by Gasteiger charge is 2.24. The fourth-order valence-corrected chi connectivity index (χ4v) is 1.29. The molecule has 0 saturated carbocycles. The Balaban J connectivity index is 0.000000243. The summed E-state index contributed by atoms with van der Waals surface area (Å²) in [4.78, 5) is 0. The molecular formula is C8H20O4Si. The van der Waals surface area contributed by atoms with Crippen molar-refractivity contribution in [3.8, 4) is 0 Å². The third-order valence-corrected chi connectivity index (χ3v) is 5.12. The van der Waals surface area contributed by atoms with E-state index in [1.54, 1.807) is 14.2 Å². The van der Waals surface area contributed by atoms with Gasteiger partial charge < -0.3 is 18.7 Å². The second-order valence-corrected chi connectivity index (χ2v) is 6.82. The molecule has 13 heavy (non-hydrogen) atoms. The maximum absolute atomic E-state index is 8.08. The van der Waals surface area contributed by atoms with Crippen molar-refractivity contribution >= 4 is 8.56 Å². The van der Waals surface area contributed by atoms with Crippen LogP contribution in [0.25, 0.3) is 0 Å². The summed E-state index contributed by atoms with van der Waals surface area (Å²) in [5, 5.41) is 8.08. The predicted octanol–water partition coefficient (Wildman–Crippen LogP) is 0.749. The van der Waals surface area contributed by atoms with Crippen LogP contribution in [0.15, 0.2) is 0 Å². The van der Waals surface area contributed by atoms with E-state index in [9.17, 15) is 0 Å². The number of hydrogen-bond acceptors (Lipinski definition) is 4. The van der Waals surface area contributed by atoms with E-state index in [0.29, 0.717) is 0 Å². The molecule has 0 aliphatic carbocycles. The van der Waals surface area contributed by atoms with Gasteiger partial charge in [0.2, 0.25) is 0 Å². The van der Waals surface area contributed by atoms with Gasteiger partial charge in [-0.1, -0.05) is 6.92 Å². The molecule has 1 saturated heterocycles. The first-order valence-electron chi connectivity index (χ1n) is 4.44. The molecule has 0 bridgehead atoms. The van der Waals surface area contributed by atoms with Crippen molar-refractivity contribution in [2.75, 3.05) is 27.4 Å². The van der Waals surface area contributed by atoms with Crippen LogP contribution in [0.2, 0.25) is 12.6 Å². The van der Waals surface area contributed by atoms with Gasteiger partial charge in [-0.25, -0.2) is 0 Å². The molecule has 1 heterocycles. The Bertz CT molecular complexity index is 115. The lowest BCUT2D eigenvalue weighted by molar-refractivity contribution is 0.244. The van der Waals surface area contributed by atoms with Crippen molar-refractivity contribution in [3.63, 3.8) is 0 Å². The van der Waals surface area contributed by atoms with Crippen LogP contribution in [-0.4, -0.2) is 47.2 Å². The second kappa shape index (κ2) is 6.50. The molecule has 0 amide bonds. The van der Waals surface area contributed by atoms with Gasteiger partial charge in [-0.2, -0.15) is 0 Å². The van der Waals surface area contributed by atoms with Crippen LogP contribution in [0.3, 0.4) is 0 Å². The maximum atomic E-state index is 8.08. The number of hydrogen-bond donors (Lipinski definition) is 1. The predicted molar refractivity (Wildman–Crippen MR) is 52.9 cm³/mol. The van der Waals surface area contributed by atoms with E-state index in [1.807, 2.05) is 6.55 Å². The van der Waals surface area contributed by atoms with Gasteiger partial charge in [0.1, 0.15) is 6.10 Å².